The molecule has 0 spiro atoms. The zero-order valence-electron chi connectivity index (χ0n) is 25.6. The highest BCUT2D eigenvalue weighted by molar-refractivity contribution is 9.09. The largest absolute Gasteiger partial charge is 0.481 e. The number of piperidine rings is 1. The fourth-order valence-electron chi connectivity index (χ4n) is 5.73. The van der Waals surface area contributed by atoms with Crippen LogP contribution in [0, 0.1) is 5.92 Å². The highest BCUT2D eigenvalue weighted by Crippen LogP contribution is 2.48. The Morgan fingerprint density at radius 3 is 2.05 bits per heavy atom. The number of halogens is 1. The Bertz CT molecular complexity index is 1090. The molecule has 3 heterocycles. The topological polar surface area (TPSA) is 99.6 Å². The summed E-state index contributed by atoms with van der Waals surface area (Å²) >= 11 is 3.31. The van der Waals surface area contributed by atoms with Gasteiger partial charge in [-0.05, 0) is 49.4 Å². The van der Waals surface area contributed by atoms with Gasteiger partial charge in [-0.15, -0.1) is 0 Å². The van der Waals surface area contributed by atoms with Gasteiger partial charge in [-0.25, -0.2) is 0 Å². The average molecular weight is 647 g/mol. The van der Waals surface area contributed by atoms with E-state index >= 15 is 0 Å². The number of ether oxygens (including phenoxy) is 2. The van der Waals surface area contributed by atoms with Gasteiger partial charge in [0.25, 0.3) is 0 Å². The molecular formula is C34H48BrNO6. The maximum Gasteiger partial charge on any atom is 0.316 e. The number of carbonyl (C=O) groups excluding carboxylic acids is 1. The second-order valence-corrected chi connectivity index (χ2v) is 12.8. The zero-order valence-corrected chi connectivity index (χ0v) is 27.2. The van der Waals surface area contributed by atoms with Crippen molar-refractivity contribution in [2.24, 2.45) is 5.92 Å². The lowest BCUT2D eigenvalue weighted by atomic mass is 9.97. The van der Waals surface area contributed by atoms with Gasteiger partial charge in [0.2, 0.25) is 0 Å². The summed E-state index contributed by atoms with van der Waals surface area (Å²) in [5, 5.41) is 19.6. The lowest BCUT2D eigenvalue weighted by Gasteiger charge is -2.38. The maximum absolute atomic E-state index is 12.4. The fourth-order valence-corrected chi connectivity index (χ4v) is 6.30. The second kappa shape index (κ2) is 16.6. The molecule has 5 rings (SSSR count). The standard InChI is InChI=1S/C17H21NO4.C13H18O2.C4H9Br/c1-18-13-7-11(8-14(18)16-15(13)22-16)21-17(20)12(9-19)10-5-3-2-4-6-10;1-9(2)8-11-4-6-12(7-5-11)10(3)13(14)15;1-2-3-4-5/h2-6,11-16,19H,7-9H2,1H3;4-7,9-10H,8H2,1-3H3,(H,14,15);2-4H2,1H3/t11?,12-,13-,14+,15-,16+;;/m1../s1. The van der Waals surface area contributed by atoms with E-state index in [-0.39, 0.29) is 18.7 Å². The number of carboxylic acids is 1. The number of likely N-dealkylation sites (N-methyl/N-ethyl adjacent to an activating group) is 1. The molecular weight excluding hydrogens is 598 g/mol. The Hall–Kier alpha value is -2.26. The van der Waals surface area contributed by atoms with Crippen LogP contribution in [-0.4, -0.2) is 76.4 Å². The Kier molecular flexibility index (Phi) is 13.5. The minimum Gasteiger partial charge on any atom is -0.481 e. The van der Waals surface area contributed by atoms with E-state index in [1.165, 1.54) is 18.4 Å². The molecule has 0 saturated carbocycles. The third-order valence-corrected chi connectivity index (χ3v) is 8.87. The SMILES string of the molecule is CC(C)Cc1ccc(C(C)C(=O)O)cc1.CCCCBr.CN1[C@@H]2CC(OC(=O)[C@H](CO)c3ccccc3)C[C@H]1[C@@H]1O[C@@H]12. The van der Waals surface area contributed by atoms with Crippen LogP contribution in [0.25, 0.3) is 0 Å². The number of epoxide rings is 1. The van der Waals surface area contributed by atoms with Crippen molar-refractivity contribution in [3.63, 3.8) is 0 Å². The number of aliphatic carboxylic acids is 1. The first-order valence-corrected chi connectivity index (χ1v) is 16.3. The number of morpholine rings is 1. The van der Waals surface area contributed by atoms with Gasteiger partial charge in [-0.3, -0.25) is 14.5 Å². The van der Waals surface area contributed by atoms with Crippen molar-refractivity contribution in [2.45, 2.75) is 102 Å². The van der Waals surface area contributed by atoms with E-state index < -0.39 is 17.8 Å². The van der Waals surface area contributed by atoms with Crippen LogP contribution in [0.1, 0.15) is 81.9 Å². The van der Waals surface area contributed by atoms with Crippen LogP contribution in [0.15, 0.2) is 54.6 Å². The molecule has 0 radical (unpaired) electrons. The van der Waals surface area contributed by atoms with Crippen molar-refractivity contribution in [3.05, 3.63) is 71.3 Å². The summed E-state index contributed by atoms with van der Waals surface area (Å²) in [5.41, 5.74) is 2.94. The van der Waals surface area contributed by atoms with Crippen LogP contribution < -0.4 is 0 Å². The highest BCUT2D eigenvalue weighted by atomic mass is 79.9. The first-order valence-electron chi connectivity index (χ1n) is 15.2. The zero-order chi connectivity index (χ0) is 30.8. The molecule has 3 saturated heterocycles. The van der Waals surface area contributed by atoms with Crippen LogP contribution in [0.2, 0.25) is 0 Å². The predicted octanol–water partition coefficient (Wildman–Crippen LogP) is 6.17. The van der Waals surface area contributed by atoms with E-state index in [0.717, 1.165) is 35.7 Å². The van der Waals surface area contributed by atoms with Crippen LogP contribution in [0.4, 0.5) is 0 Å². The Labute approximate surface area is 259 Å². The molecule has 0 aliphatic carbocycles. The van der Waals surface area contributed by atoms with Gasteiger partial charge >= 0.3 is 11.9 Å². The molecule has 3 aliphatic rings. The second-order valence-electron chi connectivity index (χ2n) is 12.0. The molecule has 0 aromatic heterocycles. The third-order valence-electron chi connectivity index (χ3n) is 8.31. The summed E-state index contributed by atoms with van der Waals surface area (Å²) in [6, 6.07) is 17.9. The first kappa shape index (κ1) is 34.2. The number of hydrogen-bond donors (Lipinski definition) is 2. The molecule has 7 nitrogen and oxygen atoms in total. The minimum absolute atomic E-state index is 0.0622. The molecule has 0 amide bonds. The first-order chi connectivity index (χ1) is 20.1. The summed E-state index contributed by atoms with van der Waals surface area (Å²) in [6.45, 7) is 8.01. The number of aliphatic hydroxyl groups is 1. The van der Waals surface area contributed by atoms with Crippen LogP contribution in [0.5, 0.6) is 0 Å². The number of alkyl halides is 1. The average Bonchev–Trinajstić information content (AvgIpc) is 3.73. The van der Waals surface area contributed by atoms with E-state index in [0.29, 0.717) is 30.2 Å². The molecule has 2 N–H and O–H groups in total. The van der Waals surface area contributed by atoms with Gasteiger partial charge in [0, 0.05) is 30.3 Å². The van der Waals surface area contributed by atoms with Gasteiger partial charge in [-0.2, -0.15) is 0 Å². The molecule has 7 atom stereocenters. The number of esters is 1. The molecule has 2 aromatic carbocycles. The van der Waals surface area contributed by atoms with Crippen molar-refractivity contribution in [1.29, 1.82) is 0 Å². The summed E-state index contributed by atoms with van der Waals surface area (Å²) in [4.78, 5) is 25.6. The summed E-state index contributed by atoms with van der Waals surface area (Å²) < 4.78 is 11.4. The molecule has 42 heavy (non-hydrogen) atoms. The van der Waals surface area contributed by atoms with Crippen molar-refractivity contribution in [2.75, 3.05) is 19.0 Å². The van der Waals surface area contributed by atoms with Crippen molar-refractivity contribution < 1.29 is 29.3 Å². The molecule has 8 heteroatoms. The minimum atomic E-state index is -0.772. The van der Waals surface area contributed by atoms with E-state index in [2.05, 4.69) is 48.6 Å². The highest BCUT2D eigenvalue weighted by Gasteiger charge is 2.62. The van der Waals surface area contributed by atoms with E-state index in [1.807, 2.05) is 54.6 Å². The van der Waals surface area contributed by atoms with Crippen LogP contribution in [-0.2, 0) is 25.5 Å². The van der Waals surface area contributed by atoms with Gasteiger partial charge in [-0.1, -0.05) is 97.7 Å². The Morgan fingerprint density at radius 1 is 1.00 bits per heavy atom. The summed E-state index contributed by atoms with van der Waals surface area (Å²) in [6.07, 6.45) is 5.91. The van der Waals surface area contributed by atoms with Crippen molar-refractivity contribution in [3.8, 4) is 0 Å². The molecule has 2 bridgehead atoms. The van der Waals surface area contributed by atoms with E-state index in [9.17, 15) is 14.7 Å². The number of unbranched alkanes of at least 4 members (excludes halogenated alkanes) is 1. The van der Waals surface area contributed by atoms with Gasteiger partial charge in [0.15, 0.2) is 0 Å². The number of aliphatic hydroxyl groups excluding tert-OH is 1. The Morgan fingerprint density at radius 2 is 1.60 bits per heavy atom. The smallest absolute Gasteiger partial charge is 0.316 e. The van der Waals surface area contributed by atoms with Crippen molar-refractivity contribution >= 4 is 27.9 Å². The van der Waals surface area contributed by atoms with E-state index in [1.54, 1.807) is 6.92 Å². The third kappa shape index (κ3) is 9.37. The fraction of sp³-hybridized carbons (Fsp3) is 0.588. The molecule has 2 unspecified atom stereocenters. The number of benzene rings is 2. The number of nitrogens with zero attached hydrogens (tertiary/aromatic N) is 1. The lowest BCUT2D eigenvalue weighted by Crippen LogP contribution is -2.48. The molecule has 232 valence electrons. The van der Waals surface area contributed by atoms with Gasteiger partial charge in [0.05, 0.1) is 12.5 Å². The predicted molar refractivity (Wildman–Crippen MR) is 169 cm³/mol. The lowest BCUT2D eigenvalue weighted by molar-refractivity contribution is -0.156. The summed E-state index contributed by atoms with van der Waals surface area (Å²) in [7, 11) is 2.13. The quantitative estimate of drug-likeness (QED) is 0.181. The Balaban J connectivity index is 0.000000211. The summed E-state index contributed by atoms with van der Waals surface area (Å²) in [5.74, 6) is -1.47. The molecule has 3 aliphatic heterocycles. The normalized spacial score (nSPS) is 25.2. The number of rotatable bonds is 10. The monoisotopic (exact) mass is 645 g/mol. The number of carbonyl (C=O) groups is 2. The van der Waals surface area contributed by atoms with Crippen LogP contribution >= 0.6 is 15.9 Å². The van der Waals surface area contributed by atoms with Gasteiger partial charge in [0.1, 0.15) is 24.2 Å². The molecule has 3 fully saturated rings. The van der Waals surface area contributed by atoms with Crippen molar-refractivity contribution in [1.82, 2.24) is 4.90 Å². The number of carboxylic acid groups (broad SMARTS) is 1. The van der Waals surface area contributed by atoms with Gasteiger partial charge < -0.3 is 19.7 Å². The van der Waals surface area contributed by atoms with E-state index in [4.69, 9.17) is 14.6 Å². The maximum atomic E-state index is 12.4. The molecule has 2 aromatic rings. The van der Waals surface area contributed by atoms with Crippen LogP contribution in [0.3, 0.4) is 0 Å². The number of hydrogen-bond acceptors (Lipinski definition) is 6. The number of fused-ring (bicyclic) bond motifs is 5.